The molecule has 0 saturated heterocycles. The number of para-hydroxylation sites is 1. The van der Waals surface area contributed by atoms with Crippen molar-refractivity contribution in [3.8, 4) is 5.75 Å². The van der Waals surface area contributed by atoms with E-state index in [4.69, 9.17) is 4.74 Å². The van der Waals surface area contributed by atoms with Crippen molar-refractivity contribution in [2.75, 3.05) is 20.8 Å². The Labute approximate surface area is 113 Å². The van der Waals surface area contributed by atoms with Crippen LogP contribution in [0.3, 0.4) is 0 Å². The number of methoxy groups -OCH3 is 2. The van der Waals surface area contributed by atoms with Gasteiger partial charge in [0, 0.05) is 0 Å². The van der Waals surface area contributed by atoms with E-state index in [0.29, 0.717) is 0 Å². The van der Waals surface area contributed by atoms with Crippen molar-refractivity contribution in [2.45, 2.75) is 13.8 Å². The maximum atomic E-state index is 10.6. The smallest absolute Gasteiger partial charge is 0.319 e. The van der Waals surface area contributed by atoms with Crippen LogP contribution in [0.25, 0.3) is 0 Å². The van der Waals surface area contributed by atoms with E-state index in [2.05, 4.69) is 9.47 Å². The van der Waals surface area contributed by atoms with E-state index < -0.39 is 17.9 Å². The zero-order valence-electron chi connectivity index (χ0n) is 11.7. The minimum Gasteiger partial charge on any atom is -0.494 e. The highest BCUT2D eigenvalue weighted by Gasteiger charge is 2.22. The molecule has 0 saturated carbocycles. The quantitative estimate of drug-likeness (QED) is 0.618. The summed E-state index contributed by atoms with van der Waals surface area (Å²) in [4.78, 5) is 21.2. The molecule has 1 aromatic carbocycles. The van der Waals surface area contributed by atoms with E-state index in [9.17, 15) is 9.59 Å². The fourth-order valence-electron chi connectivity index (χ4n) is 1.13. The van der Waals surface area contributed by atoms with E-state index in [1.165, 1.54) is 21.1 Å². The van der Waals surface area contributed by atoms with Gasteiger partial charge < -0.3 is 14.2 Å². The second-order valence-electron chi connectivity index (χ2n) is 3.51. The second-order valence-corrected chi connectivity index (χ2v) is 3.51. The molecule has 0 unspecified atom stereocenters. The summed E-state index contributed by atoms with van der Waals surface area (Å²) in [6, 6.07) is 9.80. The SMILES string of the molecule is CCOc1ccccc1.COC(=O)C(C)C(=O)OC. The molecule has 0 atom stereocenters. The van der Waals surface area contributed by atoms with Crippen LogP contribution in [-0.4, -0.2) is 32.8 Å². The standard InChI is InChI=1S/C8H10O.C6H10O4/c1-2-9-8-6-4-3-5-7-8;1-4(5(7)9-2)6(8)10-3/h3-7H,2H2,1H3;4H,1-3H3. The van der Waals surface area contributed by atoms with Crippen LogP contribution in [0.4, 0.5) is 0 Å². The van der Waals surface area contributed by atoms with E-state index >= 15 is 0 Å². The molecule has 0 bridgehead atoms. The summed E-state index contributed by atoms with van der Waals surface area (Å²) >= 11 is 0. The van der Waals surface area contributed by atoms with Crippen LogP contribution in [0, 0.1) is 5.92 Å². The van der Waals surface area contributed by atoms with Gasteiger partial charge in [0.05, 0.1) is 20.8 Å². The van der Waals surface area contributed by atoms with Gasteiger partial charge in [-0.25, -0.2) is 0 Å². The number of hydrogen-bond acceptors (Lipinski definition) is 5. The zero-order chi connectivity index (χ0) is 14.7. The van der Waals surface area contributed by atoms with E-state index in [-0.39, 0.29) is 0 Å². The lowest BCUT2D eigenvalue weighted by Crippen LogP contribution is -2.23. The third-order valence-electron chi connectivity index (χ3n) is 2.16. The van der Waals surface area contributed by atoms with Crippen molar-refractivity contribution in [2.24, 2.45) is 5.92 Å². The maximum absolute atomic E-state index is 10.6. The Hall–Kier alpha value is -2.04. The van der Waals surface area contributed by atoms with Gasteiger partial charge in [-0.2, -0.15) is 0 Å². The molecule has 0 radical (unpaired) electrons. The average molecular weight is 268 g/mol. The fraction of sp³-hybridized carbons (Fsp3) is 0.429. The van der Waals surface area contributed by atoms with Crippen LogP contribution in [0.2, 0.25) is 0 Å². The Balaban J connectivity index is 0.000000342. The number of carbonyl (C=O) groups excluding carboxylic acids is 2. The summed E-state index contributed by atoms with van der Waals surface area (Å²) in [5.74, 6) is -1.03. The number of benzene rings is 1. The van der Waals surface area contributed by atoms with E-state index in [1.54, 1.807) is 0 Å². The molecule has 5 nitrogen and oxygen atoms in total. The van der Waals surface area contributed by atoms with Crippen LogP contribution in [0.1, 0.15) is 13.8 Å². The Morgan fingerprint density at radius 3 is 1.89 bits per heavy atom. The summed E-state index contributed by atoms with van der Waals surface area (Å²) in [6.45, 7) is 4.15. The van der Waals surface area contributed by atoms with Crippen molar-refractivity contribution >= 4 is 11.9 Å². The van der Waals surface area contributed by atoms with Gasteiger partial charge in [-0.3, -0.25) is 9.59 Å². The number of hydrogen-bond donors (Lipinski definition) is 0. The summed E-state index contributed by atoms with van der Waals surface area (Å²) in [5, 5.41) is 0. The predicted octanol–water partition coefficient (Wildman–Crippen LogP) is 2.05. The lowest BCUT2D eigenvalue weighted by atomic mass is 10.2. The van der Waals surface area contributed by atoms with E-state index in [1.807, 2.05) is 37.3 Å². The molecule has 5 heteroatoms. The minimum atomic E-state index is -0.824. The Bertz CT molecular complexity index is 359. The molecule has 0 aliphatic rings. The molecule has 0 fully saturated rings. The third-order valence-corrected chi connectivity index (χ3v) is 2.16. The first-order valence-corrected chi connectivity index (χ1v) is 5.90. The van der Waals surface area contributed by atoms with Crippen molar-refractivity contribution in [1.82, 2.24) is 0 Å². The van der Waals surface area contributed by atoms with Crippen molar-refractivity contribution < 1.29 is 23.8 Å². The fourth-order valence-corrected chi connectivity index (χ4v) is 1.13. The van der Waals surface area contributed by atoms with Crippen molar-refractivity contribution in [3.05, 3.63) is 30.3 Å². The van der Waals surface area contributed by atoms with E-state index in [0.717, 1.165) is 12.4 Å². The van der Waals surface area contributed by atoms with Gasteiger partial charge >= 0.3 is 11.9 Å². The normalized spacial score (nSPS) is 9.11. The second kappa shape index (κ2) is 9.94. The first-order valence-electron chi connectivity index (χ1n) is 5.90. The lowest BCUT2D eigenvalue weighted by Gasteiger charge is -2.04. The molecule has 0 amide bonds. The predicted molar refractivity (Wildman–Crippen MR) is 70.8 cm³/mol. The molecule has 0 heterocycles. The minimum absolute atomic E-state index is 0.577. The Morgan fingerprint density at radius 2 is 1.53 bits per heavy atom. The van der Waals surface area contributed by atoms with Gasteiger partial charge in [-0.05, 0) is 26.0 Å². The van der Waals surface area contributed by atoms with Gasteiger partial charge in [-0.15, -0.1) is 0 Å². The first kappa shape index (κ1) is 17.0. The molecule has 0 aliphatic heterocycles. The maximum Gasteiger partial charge on any atom is 0.319 e. The number of ether oxygens (including phenoxy) is 3. The highest BCUT2D eigenvalue weighted by atomic mass is 16.5. The third kappa shape index (κ3) is 7.08. The molecular weight excluding hydrogens is 248 g/mol. The largest absolute Gasteiger partial charge is 0.494 e. The van der Waals surface area contributed by atoms with Crippen LogP contribution < -0.4 is 4.74 Å². The van der Waals surface area contributed by atoms with Gasteiger partial charge in [0.25, 0.3) is 0 Å². The number of rotatable bonds is 4. The van der Waals surface area contributed by atoms with Gasteiger partial charge in [-0.1, -0.05) is 18.2 Å². The zero-order valence-corrected chi connectivity index (χ0v) is 11.7. The Morgan fingerprint density at radius 1 is 1.05 bits per heavy atom. The van der Waals surface area contributed by atoms with Gasteiger partial charge in [0.2, 0.25) is 0 Å². The summed E-state index contributed by atoms with van der Waals surface area (Å²) in [6.07, 6.45) is 0. The van der Waals surface area contributed by atoms with Crippen molar-refractivity contribution in [1.29, 1.82) is 0 Å². The van der Waals surface area contributed by atoms with Crippen molar-refractivity contribution in [3.63, 3.8) is 0 Å². The molecule has 106 valence electrons. The summed E-state index contributed by atoms with van der Waals surface area (Å²) < 4.78 is 13.8. The summed E-state index contributed by atoms with van der Waals surface area (Å²) in [5.41, 5.74) is 0. The molecule has 0 aliphatic carbocycles. The number of carbonyl (C=O) groups is 2. The molecule has 19 heavy (non-hydrogen) atoms. The van der Waals surface area contributed by atoms with Crippen LogP contribution in [0.15, 0.2) is 30.3 Å². The van der Waals surface area contributed by atoms with Crippen LogP contribution >= 0.6 is 0 Å². The molecule has 0 N–H and O–H groups in total. The Kier molecular flexibility index (Phi) is 8.87. The monoisotopic (exact) mass is 268 g/mol. The summed E-state index contributed by atoms with van der Waals surface area (Å²) in [7, 11) is 2.45. The topological polar surface area (TPSA) is 61.8 Å². The van der Waals surface area contributed by atoms with Crippen LogP contribution in [-0.2, 0) is 19.1 Å². The molecule has 1 rings (SSSR count). The average Bonchev–Trinajstić information content (AvgIpc) is 2.47. The molecule has 1 aromatic rings. The highest BCUT2D eigenvalue weighted by Crippen LogP contribution is 2.06. The molecular formula is C14H20O5. The molecule has 0 aromatic heterocycles. The number of esters is 2. The lowest BCUT2D eigenvalue weighted by molar-refractivity contribution is -0.157. The van der Waals surface area contributed by atoms with Gasteiger partial charge in [0.15, 0.2) is 5.92 Å². The van der Waals surface area contributed by atoms with Gasteiger partial charge in [0.1, 0.15) is 5.75 Å². The molecule has 0 spiro atoms. The highest BCUT2D eigenvalue weighted by molar-refractivity contribution is 5.94. The first-order chi connectivity index (χ1) is 9.06. The van der Waals surface area contributed by atoms with Crippen LogP contribution in [0.5, 0.6) is 5.75 Å².